The van der Waals surface area contributed by atoms with E-state index in [4.69, 9.17) is 0 Å². The maximum Gasteiger partial charge on any atom is 0.271 e. The first-order valence-corrected chi connectivity index (χ1v) is 7.64. The summed E-state index contributed by atoms with van der Waals surface area (Å²) < 4.78 is 0. The molecule has 0 aliphatic carbocycles. The van der Waals surface area contributed by atoms with Crippen LogP contribution in [0.25, 0.3) is 0 Å². The summed E-state index contributed by atoms with van der Waals surface area (Å²) in [6.45, 7) is 2.98. The molecule has 0 atom stereocenters. The fraction of sp³-hybridized carbons (Fsp3) is 0.353. The van der Waals surface area contributed by atoms with Crippen LogP contribution < -0.4 is 5.32 Å². The second-order valence-corrected chi connectivity index (χ2v) is 5.60. The summed E-state index contributed by atoms with van der Waals surface area (Å²) in [7, 11) is 0. The van der Waals surface area contributed by atoms with Crippen LogP contribution >= 0.6 is 0 Å². The minimum Gasteiger partial charge on any atom is -0.348 e. The quantitative estimate of drug-likeness (QED) is 0.936. The number of carbonyl (C=O) groups excluding carboxylic acids is 1. The van der Waals surface area contributed by atoms with Gasteiger partial charge in [0.1, 0.15) is 5.69 Å². The molecule has 1 aromatic carbocycles. The number of carbonyl (C=O) groups is 1. The zero-order valence-electron chi connectivity index (χ0n) is 12.5. The number of hydrogen-bond acceptors (Lipinski definition) is 4. The van der Waals surface area contributed by atoms with E-state index in [0.29, 0.717) is 5.69 Å². The summed E-state index contributed by atoms with van der Waals surface area (Å²) in [6, 6.07) is 10.7. The molecule has 3 rings (SSSR count). The molecule has 2 aromatic rings. The van der Waals surface area contributed by atoms with Crippen LogP contribution in [0.4, 0.5) is 0 Å². The summed E-state index contributed by atoms with van der Waals surface area (Å²) in [5, 5.41) is 3.05. The van der Waals surface area contributed by atoms with Crippen LogP contribution in [-0.2, 0) is 6.54 Å². The van der Waals surface area contributed by atoms with Gasteiger partial charge in [-0.25, -0.2) is 4.98 Å². The summed E-state index contributed by atoms with van der Waals surface area (Å²) in [4.78, 5) is 22.4. The fourth-order valence-corrected chi connectivity index (χ4v) is 2.75. The molecule has 1 amide bonds. The second-order valence-electron chi connectivity index (χ2n) is 5.60. The Morgan fingerprint density at radius 1 is 1.18 bits per heavy atom. The summed E-state index contributed by atoms with van der Waals surface area (Å²) in [6.07, 6.45) is 6.55. The molecule has 1 fully saturated rings. The van der Waals surface area contributed by atoms with E-state index in [1.807, 2.05) is 6.07 Å². The smallest absolute Gasteiger partial charge is 0.271 e. The molecule has 0 saturated carbocycles. The number of rotatable bonds is 4. The molecule has 0 spiro atoms. The maximum absolute atomic E-state index is 12.1. The summed E-state index contributed by atoms with van der Waals surface area (Å²) in [5.74, 6) is -0.130. The number of aromatic nitrogens is 2. The van der Waals surface area contributed by atoms with Gasteiger partial charge >= 0.3 is 0 Å². The Morgan fingerprint density at radius 3 is 2.64 bits per heavy atom. The van der Waals surface area contributed by atoms with Crippen LogP contribution in [0.5, 0.6) is 0 Å². The van der Waals surface area contributed by atoms with Crippen molar-refractivity contribution in [2.75, 3.05) is 13.1 Å². The minimum absolute atomic E-state index is 0.130. The van der Waals surface area contributed by atoms with Gasteiger partial charge in [0, 0.05) is 38.1 Å². The molecule has 0 radical (unpaired) electrons. The Kier molecular flexibility index (Phi) is 4.75. The Hall–Kier alpha value is -2.27. The van der Waals surface area contributed by atoms with Gasteiger partial charge in [-0.1, -0.05) is 30.3 Å². The molecule has 1 aromatic heterocycles. The number of nitrogens with zero attached hydrogens (tertiary/aromatic N) is 3. The molecule has 2 heterocycles. The van der Waals surface area contributed by atoms with Crippen LogP contribution in [0.3, 0.4) is 0 Å². The van der Waals surface area contributed by atoms with Crippen LogP contribution in [0, 0.1) is 0 Å². The zero-order valence-corrected chi connectivity index (χ0v) is 12.5. The molecule has 1 N–H and O–H groups in total. The van der Waals surface area contributed by atoms with Gasteiger partial charge in [-0.2, -0.15) is 0 Å². The maximum atomic E-state index is 12.1. The van der Waals surface area contributed by atoms with Crippen molar-refractivity contribution in [1.29, 1.82) is 0 Å². The van der Waals surface area contributed by atoms with Crippen molar-refractivity contribution in [2.45, 2.75) is 25.4 Å². The van der Waals surface area contributed by atoms with E-state index in [1.54, 1.807) is 6.20 Å². The van der Waals surface area contributed by atoms with Crippen LogP contribution in [0.1, 0.15) is 28.9 Å². The van der Waals surface area contributed by atoms with Crippen molar-refractivity contribution in [2.24, 2.45) is 0 Å². The Morgan fingerprint density at radius 2 is 1.95 bits per heavy atom. The summed E-state index contributed by atoms with van der Waals surface area (Å²) in [5.41, 5.74) is 1.72. The highest BCUT2D eigenvalue weighted by Gasteiger charge is 2.21. The van der Waals surface area contributed by atoms with Gasteiger partial charge in [-0.3, -0.25) is 14.7 Å². The van der Waals surface area contributed by atoms with Crippen LogP contribution in [-0.4, -0.2) is 39.9 Å². The second kappa shape index (κ2) is 7.13. The normalized spacial score (nSPS) is 16.4. The van der Waals surface area contributed by atoms with E-state index in [1.165, 1.54) is 18.0 Å². The van der Waals surface area contributed by atoms with Crippen molar-refractivity contribution in [3.05, 3.63) is 60.2 Å². The summed E-state index contributed by atoms with van der Waals surface area (Å²) >= 11 is 0. The average Bonchev–Trinajstić information content (AvgIpc) is 2.58. The third-order valence-corrected chi connectivity index (χ3v) is 3.97. The highest BCUT2D eigenvalue weighted by atomic mass is 16.1. The predicted octanol–water partition coefficient (Wildman–Crippen LogP) is 1.87. The molecule has 5 nitrogen and oxygen atoms in total. The molecule has 1 aliphatic heterocycles. The molecule has 0 bridgehead atoms. The van der Waals surface area contributed by atoms with Crippen molar-refractivity contribution in [3.63, 3.8) is 0 Å². The lowest BCUT2D eigenvalue weighted by Crippen LogP contribution is -2.44. The molecule has 114 valence electrons. The van der Waals surface area contributed by atoms with Crippen molar-refractivity contribution in [3.8, 4) is 0 Å². The SMILES string of the molecule is O=C(NC1CCN(Cc2ccccc2)CC1)c1cnccn1. The lowest BCUT2D eigenvalue weighted by molar-refractivity contribution is 0.0903. The number of benzene rings is 1. The lowest BCUT2D eigenvalue weighted by Gasteiger charge is -2.32. The van der Waals surface area contributed by atoms with Crippen molar-refractivity contribution in [1.82, 2.24) is 20.2 Å². The van der Waals surface area contributed by atoms with Crippen LogP contribution in [0.2, 0.25) is 0 Å². The topological polar surface area (TPSA) is 58.1 Å². The molecule has 0 unspecified atom stereocenters. The zero-order chi connectivity index (χ0) is 15.2. The third kappa shape index (κ3) is 3.89. The standard InChI is InChI=1S/C17H20N4O/c22-17(16-12-18-8-9-19-16)20-15-6-10-21(11-7-15)13-14-4-2-1-3-5-14/h1-5,8-9,12,15H,6-7,10-11,13H2,(H,20,22). The number of amides is 1. The third-order valence-electron chi connectivity index (χ3n) is 3.97. The molecular weight excluding hydrogens is 276 g/mol. The van der Waals surface area contributed by atoms with Gasteiger partial charge in [0.15, 0.2) is 0 Å². The first-order chi connectivity index (χ1) is 10.8. The fourth-order valence-electron chi connectivity index (χ4n) is 2.75. The Balaban J connectivity index is 1.47. The van der Waals surface area contributed by atoms with Gasteiger partial charge < -0.3 is 5.32 Å². The van der Waals surface area contributed by atoms with Gasteiger partial charge in [-0.15, -0.1) is 0 Å². The monoisotopic (exact) mass is 296 g/mol. The highest BCUT2D eigenvalue weighted by Crippen LogP contribution is 2.14. The Labute approximate surface area is 130 Å². The highest BCUT2D eigenvalue weighted by molar-refractivity contribution is 5.92. The largest absolute Gasteiger partial charge is 0.348 e. The first kappa shape index (κ1) is 14.7. The van der Waals surface area contributed by atoms with Crippen molar-refractivity contribution < 1.29 is 4.79 Å². The van der Waals surface area contributed by atoms with Gasteiger partial charge in [0.25, 0.3) is 5.91 Å². The molecular formula is C17H20N4O. The van der Waals surface area contributed by atoms with E-state index < -0.39 is 0 Å². The van der Waals surface area contributed by atoms with Gasteiger partial charge in [-0.05, 0) is 18.4 Å². The average molecular weight is 296 g/mol. The van der Waals surface area contributed by atoms with Crippen molar-refractivity contribution >= 4 is 5.91 Å². The Bertz CT molecular complexity index is 595. The van der Waals surface area contributed by atoms with E-state index >= 15 is 0 Å². The number of nitrogens with one attached hydrogen (secondary N) is 1. The molecule has 1 aliphatic rings. The number of hydrogen-bond donors (Lipinski definition) is 1. The van der Waals surface area contributed by atoms with E-state index in [-0.39, 0.29) is 11.9 Å². The first-order valence-electron chi connectivity index (χ1n) is 7.64. The van der Waals surface area contributed by atoms with Gasteiger partial charge in [0.2, 0.25) is 0 Å². The molecule has 22 heavy (non-hydrogen) atoms. The van der Waals surface area contributed by atoms with Crippen LogP contribution in [0.15, 0.2) is 48.9 Å². The minimum atomic E-state index is -0.130. The molecule has 1 saturated heterocycles. The predicted molar refractivity (Wildman–Crippen MR) is 84.2 cm³/mol. The lowest BCUT2D eigenvalue weighted by atomic mass is 10.0. The number of likely N-dealkylation sites (tertiary alicyclic amines) is 1. The molecule has 5 heteroatoms. The van der Waals surface area contributed by atoms with E-state index in [2.05, 4.69) is 44.5 Å². The van der Waals surface area contributed by atoms with E-state index in [0.717, 1.165) is 32.5 Å². The van der Waals surface area contributed by atoms with Gasteiger partial charge in [0.05, 0.1) is 6.20 Å². The number of piperidine rings is 1. The van der Waals surface area contributed by atoms with E-state index in [9.17, 15) is 4.79 Å².